The lowest BCUT2D eigenvalue weighted by molar-refractivity contribution is -0.132. The molecule has 0 spiro atoms. The van der Waals surface area contributed by atoms with Crippen LogP contribution in [0.3, 0.4) is 0 Å². The van der Waals surface area contributed by atoms with Crippen LogP contribution in [-0.2, 0) is 10.3 Å². The third-order valence-electron chi connectivity index (χ3n) is 4.49. The quantitative estimate of drug-likeness (QED) is 0.855. The third kappa shape index (κ3) is 2.39. The number of nitrogens with zero attached hydrogens (tertiary/aromatic N) is 2. The molecular formula is C14H22N4O. The average Bonchev–Trinajstić information content (AvgIpc) is 3.12. The molecule has 3 rings (SSSR count). The van der Waals surface area contributed by atoms with Crippen molar-refractivity contribution in [1.82, 2.24) is 20.4 Å². The van der Waals surface area contributed by atoms with Crippen LogP contribution >= 0.6 is 0 Å². The maximum atomic E-state index is 12.8. The van der Waals surface area contributed by atoms with Crippen molar-refractivity contribution < 1.29 is 4.79 Å². The van der Waals surface area contributed by atoms with Crippen LogP contribution in [0.25, 0.3) is 0 Å². The van der Waals surface area contributed by atoms with Crippen LogP contribution in [-0.4, -0.2) is 34.8 Å². The largest absolute Gasteiger partial charge is 0.351 e. The summed E-state index contributed by atoms with van der Waals surface area (Å²) >= 11 is 0. The van der Waals surface area contributed by atoms with E-state index in [9.17, 15) is 4.79 Å². The topological polar surface area (TPSA) is 59.0 Å². The van der Waals surface area contributed by atoms with Gasteiger partial charge < -0.3 is 10.6 Å². The number of hydrogen-bond donors (Lipinski definition) is 2. The van der Waals surface area contributed by atoms with Crippen LogP contribution in [0, 0.1) is 0 Å². The van der Waals surface area contributed by atoms with E-state index in [0.29, 0.717) is 6.04 Å². The van der Waals surface area contributed by atoms with E-state index in [4.69, 9.17) is 0 Å². The third-order valence-corrected chi connectivity index (χ3v) is 4.49. The van der Waals surface area contributed by atoms with Gasteiger partial charge in [-0.2, -0.15) is 5.10 Å². The second-order valence-corrected chi connectivity index (χ2v) is 5.69. The number of piperidine rings is 1. The molecule has 1 aliphatic carbocycles. The summed E-state index contributed by atoms with van der Waals surface area (Å²) in [6.45, 7) is 1.75. The van der Waals surface area contributed by atoms with Crippen molar-refractivity contribution in [3.05, 3.63) is 18.5 Å². The second-order valence-electron chi connectivity index (χ2n) is 5.69. The Labute approximate surface area is 113 Å². The van der Waals surface area contributed by atoms with Crippen LogP contribution in [0.5, 0.6) is 0 Å². The van der Waals surface area contributed by atoms with Crippen LogP contribution in [0.15, 0.2) is 18.5 Å². The number of hydrogen-bond acceptors (Lipinski definition) is 3. The normalized spacial score (nSPS) is 23.4. The Morgan fingerprint density at radius 1 is 1.32 bits per heavy atom. The van der Waals surface area contributed by atoms with Gasteiger partial charge in [0.2, 0.25) is 5.91 Å². The van der Waals surface area contributed by atoms with Crippen molar-refractivity contribution in [1.29, 1.82) is 0 Å². The molecule has 5 nitrogen and oxygen atoms in total. The standard InChI is InChI=1S/C14H22N4O/c19-13(17-12-4-1-2-5-12)14(6-9-15-10-7-14)18-11-3-8-16-18/h3,8,11-12,15H,1-2,4-7,9-10H2,(H,17,19). The van der Waals surface area contributed by atoms with Gasteiger partial charge in [-0.05, 0) is 44.8 Å². The van der Waals surface area contributed by atoms with E-state index in [2.05, 4.69) is 15.7 Å². The molecule has 19 heavy (non-hydrogen) atoms. The SMILES string of the molecule is O=C(NC1CCCC1)C1(n2cccn2)CCNCC1. The molecule has 1 aliphatic heterocycles. The Morgan fingerprint density at radius 2 is 2.05 bits per heavy atom. The minimum Gasteiger partial charge on any atom is -0.351 e. The van der Waals surface area contributed by atoms with Crippen LogP contribution < -0.4 is 10.6 Å². The van der Waals surface area contributed by atoms with Crippen molar-refractivity contribution in [3.8, 4) is 0 Å². The van der Waals surface area contributed by atoms with Gasteiger partial charge in [-0.1, -0.05) is 12.8 Å². The molecule has 0 atom stereocenters. The van der Waals surface area contributed by atoms with Crippen molar-refractivity contribution in [2.75, 3.05) is 13.1 Å². The number of aromatic nitrogens is 2. The van der Waals surface area contributed by atoms with E-state index in [0.717, 1.165) is 38.8 Å². The fourth-order valence-corrected chi connectivity index (χ4v) is 3.31. The zero-order valence-corrected chi connectivity index (χ0v) is 11.3. The molecule has 0 aromatic carbocycles. The number of nitrogens with one attached hydrogen (secondary N) is 2. The summed E-state index contributed by atoms with van der Waals surface area (Å²) in [5.74, 6) is 0.157. The Balaban J connectivity index is 1.80. The minimum atomic E-state index is -0.489. The fraction of sp³-hybridized carbons (Fsp3) is 0.714. The lowest BCUT2D eigenvalue weighted by Gasteiger charge is -2.37. The first-order valence-corrected chi connectivity index (χ1v) is 7.33. The molecule has 104 valence electrons. The first kappa shape index (κ1) is 12.7. The highest BCUT2D eigenvalue weighted by molar-refractivity contribution is 5.84. The van der Waals surface area contributed by atoms with Crippen LogP contribution in [0.4, 0.5) is 0 Å². The summed E-state index contributed by atoms with van der Waals surface area (Å²) in [5.41, 5.74) is -0.489. The Kier molecular flexibility index (Phi) is 3.55. The zero-order chi connectivity index (χ0) is 13.1. The molecular weight excluding hydrogens is 240 g/mol. The van der Waals surface area contributed by atoms with Crippen molar-refractivity contribution in [2.45, 2.75) is 50.1 Å². The maximum absolute atomic E-state index is 12.8. The van der Waals surface area contributed by atoms with Gasteiger partial charge in [0.15, 0.2) is 0 Å². The number of rotatable bonds is 3. The molecule has 1 aromatic heterocycles. The van der Waals surface area contributed by atoms with Crippen LogP contribution in [0.2, 0.25) is 0 Å². The van der Waals surface area contributed by atoms with Crippen molar-refractivity contribution in [2.24, 2.45) is 0 Å². The van der Waals surface area contributed by atoms with E-state index >= 15 is 0 Å². The van der Waals surface area contributed by atoms with E-state index in [-0.39, 0.29) is 5.91 Å². The van der Waals surface area contributed by atoms with Crippen molar-refractivity contribution in [3.63, 3.8) is 0 Å². The molecule has 1 aromatic rings. The summed E-state index contributed by atoms with van der Waals surface area (Å²) in [4.78, 5) is 12.8. The molecule has 0 unspecified atom stereocenters. The number of amides is 1. The molecule has 2 N–H and O–H groups in total. The summed E-state index contributed by atoms with van der Waals surface area (Å²) in [7, 11) is 0. The smallest absolute Gasteiger partial charge is 0.248 e. The van der Waals surface area contributed by atoms with E-state index in [1.54, 1.807) is 6.20 Å². The summed E-state index contributed by atoms with van der Waals surface area (Å²) < 4.78 is 1.86. The van der Waals surface area contributed by atoms with Gasteiger partial charge in [-0.3, -0.25) is 9.48 Å². The zero-order valence-electron chi connectivity index (χ0n) is 11.3. The Morgan fingerprint density at radius 3 is 2.68 bits per heavy atom. The average molecular weight is 262 g/mol. The number of carbonyl (C=O) groups is 1. The minimum absolute atomic E-state index is 0.157. The van der Waals surface area contributed by atoms with Gasteiger partial charge in [-0.15, -0.1) is 0 Å². The molecule has 5 heteroatoms. The van der Waals surface area contributed by atoms with E-state index in [1.165, 1.54) is 12.8 Å². The van der Waals surface area contributed by atoms with Gasteiger partial charge in [0.05, 0.1) is 0 Å². The first-order chi connectivity index (χ1) is 9.31. The molecule has 1 saturated heterocycles. The molecule has 2 aliphatic rings. The first-order valence-electron chi connectivity index (χ1n) is 7.33. The van der Waals surface area contributed by atoms with Crippen molar-refractivity contribution >= 4 is 5.91 Å². The predicted octanol–water partition coefficient (Wildman–Crippen LogP) is 1.02. The molecule has 0 bridgehead atoms. The van der Waals surface area contributed by atoms with Gasteiger partial charge in [-0.25, -0.2) is 0 Å². The van der Waals surface area contributed by atoms with Crippen LogP contribution in [0.1, 0.15) is 38.5 Å². The van der Waals surface area contributed by atoms with Gasteiger partial charge >= 0.3 is 0 Å². The Bertz CT molecular complexity index is 417. The maximum Gasteiger partial charge on any atom is 0.248 e. The lowest BCUT2D eigenvalue weighted by Crippen LogP contribution is -2.56. The molecule has 2 fully saturated rings. The molecule has 1 saturated carbocycles. The van der Waals surface area contributed by atoms with Gasteiger partial charge in [0, 0.05) is 18.4 Å². The monoisotopic (exact) mass is 262 g/mol. The lowest BCUT2D eigenvalue weighted by atomic mass is 9.87. The highest BCUT2D eigenvalue weighted by Crippen LogP contribution is 2.28. The second kappa shape index (κ2) is 5.33. The molecule has 2 heterocycles. The summed E-state index contributed by atoms with van der Waals surface area (Å²) in [6, 6.07) is 2.27. The van der Waals surface area contributed by atoms with Gasteiger partial charge in [0.1, 0.15) is 5.54 Å². The summed E-state index contributed by atoms with van der Waals surface area (Å²) in [6.07, 6.45) is 10.0. The molecule has 0 radical (unpaired) electrons. The molecule has 1 amide bonds. The van der Waals surface area contributed by atoms with E-state index < -0.39 is 5.54 Å². The highest BCUT2D eigenvalue weighted by atomic mass is 16.2. The summed E-state index contributed by atoms with van der Waals surface area (Å²) in [5, 5.41) is 10.9. The van der Waals surface area contributed by atoms with Gasteiger partial charge in [0.25, 0.3) is 0 Å². The predicted molar refractivity (Wildman–Crippen MR) is 72.7 cm³/mol. The van der Waals surface area contributed by atoms with E-state index in [1.807, 2.05) is 16.9 Å². The number of carbonyl (C=O) groups excluding carboxylic acids is 1. The highest BCUT2D eigenvalue weighted by Gasteiger charge is 2.42. The Hall–Kier alpha value is -1.36. The fourth-order valence-electron chi connectivity index (χ4n) is 3.31.